The molecule has 3 heterocycles. The summed E-state index contributed by atoms with van der Waals surface area (Å²) < 4.78 is 6.53. The molecule has 2 fully saturated rings. The molecule has 0 saturated carbocycles. The highest BCUT2D eigenvalue weighted by atomic mass is 79.9. The predicted molar refractivity (Wildman–Crippen MR) is 86.8 cm³/mol. The molecule has 2 aliphatic rings. The van der Waals surface area contributed by atoms with Crippen molar-refractivity contribution in [2.24, 2.45) is 0 Å². The van der Waals surface area contributed by atoms with E-state index in [9.17, 15) is 0 Å². The van der Waals surface area contributed by atoms with Crippen LogP contribution in [0.4, 0.5) is 5.69 Å². The summed E-state index contributed by atoms with van der Waals surface area (Å²) in [4.78, 5) is 5.01. The van der Waals surface area contributed by atoms with Crippen molar-refractivity contribution in [2.45, 2.75) is 12.5 Å². The van der Waals surface area contributed by atoms with E-state index in [-0.39, 0.29) is 5.54 Å². The molecule has 2 aliphatic heterocycles. The van der Waals surface area contributed by atoms with Gasteiger partial charge in [-0.05, 0) is 35.0 Å². The maximum Gasteiger partial charge on any atom is 0.0671 e. The number of rotatable bonds is 2. The Kier molecular flexibility index (Phi) is 3.20. The lowest BCUT2D eigenvalue weighted by Crippen LogP contribution is -2.64. The van der Waals surface area contributed by atoms with Crippen molar-refractivity contribution in [1.82, 2.24) is 15.1 Å². The molecule has 21 heavy (non-hydrogen) atoms. The van der Waals surface area contributed by atoms with E-state index in [2.05, 4.69) is 55.0 Å². The Morgan fingerprint density at radius 1 is 1.24 bits per heavy atom. The van der Waals surface area contributed by atoms with Crippen molar-refractivity contribution in [3.63, 3.8) is 0 Å². The first-order chi connectivity index (χ1) is 10.2. The number of hydrogen-bond acceptors (Lipinski definition) is 4. The minimum atomic E-state index is 0.261. The van der Waals surface area contributed by atoms with Crippen LogP contribution in [0.1, 0.15) is 6.92 Å². The second-order valence-electron chi connectivity index (χ2n) is 6.22. The monoisotopic (exact) mass is 350 g/mol. The van der Waals surface area contributed by atoms with Gasteiger partial charge in [0, 0.05) is 36.0 Å². The van der Waals surface area contributed by atoms with Gasteiger partial charge in [0.2, 0.25) is 0 Å². The van der Waals surface area contributed by atoms with Crippen molar-refractivity contribution in [3.8, 4) is 0 Å². The first-order valence-corrected chi connectivity index (χ1v) is 8.15. The van der Waals surface area contributed by atoms with Gasteiger partial charge in [-0.3, -0.25) is 10.00 Å². The highest BCUT2D eigenvalue weighted by Gasteiger charge is 2.40. The van der Waals surface area contributed by atoms with Crippen molar-refractivity contribution < 1.29 is 4.74 Å². The second kappa shape index (κ2) is 4.97. The minimum Gasteiger partial charge on any atom is -0.377 e. The molecule has 1 N–H and O–H groups in total. The van der Waals surface area contributed by atoms with Crippen molar-refractivity contribution >= 4 is 32.5 Å². The maximum absolute atomic E-state index is 5.39. The molecule has 6 heteroatoms. The number of nitrogens with one attached hydrogen (secondary N) is 1. The van der Waals surface area contributed by atoms with E-state index in [0.29, 0.717) is 0 Å². The standard InChI is InChI=1S/C15H19BrN4O/c1-15(9-21-10-15)20-4-2-19(3-5-20)14-7-13-11(6-12(14)16)8-17-18-13/h6-8H,2-5,9-10H2,1H3,(H,17,18). The molecule has 0 atom stereocenters. The Hall–Kier alpha value is -1.11. The summed E-state index contributed by atoms with van der Waals surface area (Å²) >= 11 is 3.70. The minimum absolute atomic E-state index is 0.261. The molecule has 1 aromatic carbocycles. The summed E-state index contributed by atoms with van der Waals surface area (Å²) in [6, 6.07) is 4.33. The van der Waals surface area contributed by atoms with Crippen LogP contribution < -0.4 is 4.90 Å². The first-order valence-electron chi connectivity index (χ1n) is 7.36. The zero-order chi connectivity index (χ0) is 14.4. The van der Waals surface area contributed by atoms with E-state index in [0.717, 1.165) is 54.8 Å². The number of hydrogen-bond donors (Lipinski definition) is 1. The number of nitrogens with zero attached hydrogens (tertiary/aromatic N) is 3. The number of aromatic amines is 1. The number of ether oxygens (including phenoxy) is 1. The highest BCUT2D eigenvalue weighted by Crippen LogP contribution is 2.32. The first kappa shape index (κ1) is 13.5. The summed E-state index contributed by atoms with van der Waals surface area (Å²) in [5.41, 5.74) is 2.60. The third-order valence-electron chi connectivity index (χ3n) is 4.72. The van der Waals surface area contributed by atoms with E-state index in [4.69, 9.17) is 4.74 Å². The fourth-order valence-electron chi connectivity index (χ4n) is 3.26. The number of halogens is 1. The van der Waals surface area contributed by atoms with Crippen molar-refractivity contribution in [1.29, 1.82) is 0 Å². The van der Waals surface area contributed by atoms with Crippen LogP contribution >= 0.6 is 15.9 Å². The van der Waals surface area contributed by atoms with E-state index < -0.39 is 0 Å². The lowest BCUT2D eigenvalue weighted by Gasteiger charge is -2.50. The number of anilines is 1. The van der Waals surface area contributed by atoms with Gasteiger partial charge < -0.3 is 9.64 Å². The molecule has 0 aliphatic carbocycles. The van der Waals surface area contributed by atoms with Gasteiger partial charge in [0.25, 0.3) is 0 Å². The van der Waals surface area contributed by atoms with Gasteiger partial charge in [0.1, 0.15) is 0 Å². The summed E-state index contributed by atoms with van der Waals surface area (Å²) in [6.07, 6.45) is 1.86. The fraction of sp³-hybridized carbons (Fsp3) is 0.533. The molecule has 0 spiro atoms. The fourth-order valence-corrected chi connectivity index (χ4v) is 3.87. The van der Waals surface area contributed by atoms with Gasteiger partial charge in [0.05, 0.1) is 36.2 Å². The second-order valence-corrected chi connectivity index (χ2v) is 7.08. The van der Waals surface area contributed by atoms with Crippen molar-refractivity contribution in [3.05, 3.63) is 22.8 Å². The number of benzene rings is 1. The molecule has 0 radical (unpaired) electrons. The molecule has 2 aromatic rings. The zero-order valence-corrected chi connectivity index (χ0v) is 13.7. The van der Waals surface area contributed by atoms with E-state index >= 15 is 0 Å². The highest BCUT2D eigenvalue weighted by molar-refractivity contribution is 9.10. The average molecular weight is 351 g/mol. The predicted octanol–water partition coefficient (Wildman–Crippen LogP) is 2.24. The van der Waals surface area contributed by atoms with E-state index in [1.165, 1.54) is 5.69 Å². The summed E-state index contributed by atoms with van der Waals surface area (Å²) in [5, 5.41) is 8.30. The Bertz CT molecular complexity index is 659. The number of aromatic nitrogens is 2. The lowest BCUT2D eigenvalue weighted by molar-refractivity contribution is -0.131. The molecule has 112 valence electrons. The summed E-state index contributed by atoms with van der Waals surface area (Å²) in [6.45, 7) is 8.33. The van der Waals surface area contributed by atoms with Crippen LogP contribution in [0.2, 0.25) is 0 Å². The molecular formula is C15H19BrN4O. The van der Waals surface area contributed by atoms with Gasteiger partial charge >= 0.3 is 0 Å². The molecule has 1 aromatic heterocycles. The zero-order valence-electron chi connectivity index (χ0n) is 12.1. The number of fused-ring (bicyclic) bond motifs is 1. The van der Waals surface area contributed by atoms with Crippen LogP contribution in [0.25, 0.3) is 10.9 Å². The maximum atomic E-state index is 5.39. The van der Waals surface area contributed by atoms with Gasteiger partial charge in [-0.25, -0.2) is 0 Å². The van der Waals surface area contributed by atoms with Crippen LogP contribution in [-0.4, -0.2) is 60.0 Å². The van der Waals surface area contributed by atoms with Crippen LogP contribution in [0, 0.1) is 0 Å². The number of piperazine rings is 1. The van der Waals surface area contributed by atoms with Crippen LogP contribution in [0.3, 0.4) is 0 Å². The molecular weight excluding hydrogens is 332 g/mol. The summed E-state index contributed by atoms with van der Waals surface area (Å²) in [7, 11) is 0. The Balaban J connectivity index is 1.53. The van der Waals surface area contributed by atoms with Gasteiger partial charge in [-0.15, -0.1) is 0 Å². The third kappa shape index (κ3) is 2.25. The Morgan fingerprint density at radius 3 is 2.67 bits per heavy atom. The van der Waals surface area contributed by atoms with Crippen LogP contribution in [-0.2, 0) is 4.74 Å². The van der Waals surface area contributed by atoms with Gasteiger partial charge in [0.15, 0.2) is 0 Å². The lowest BCUT2D eigenvalue weighted by atomic mass is 9.97. The third-order valence-corrected chi connectivity index (χ3v) is 5.35. The largest absolute Gasteiger partial charge is 0.377 e. The number of H-pyrrole nitrogens is 1. The Morgan fingerprint density at radius 2 is 2.00 bits per heavy atom. The van der Waals surface area contributed by atoms with E-state index in [1.54, 1.807) is 0 Å². The van der Waals surface area contributed by atoms with Crippen LogP contribution in [0.5, 0.6) is 0 Å². The smallest absolute Gasteiger partial charge is 0.0671 e. The van der Waals surface area contributed by atoms with Gasteiger partial charge in [-0.1, -0.05) is 0 Å². The van der Waals surface area contributed by atoms with Crippen LogP contribution in [0.15, 0.2) is 22.8 Å². The molecule has 5 nitrogen and oxygen atoms in total. The van der Waals surface area contributed by atoms with Gasteiger partial charge in [-0.2, -0.15) is 5.10 Å². The molecule has 4 rings (SSSR count). The summed E-state index contributed by atoms with van der Waals surface area (Å²) in [5.74, 6) is 0. The van der Waals surface area contributed by atoms with Crippen molar-refractivity contribution in [2.75, 3.05) is 44.3 Å². The quantitative estimate of drug-likeness (QED) is 0.901. The average Bonchev–Trinajstić information content (AvgIpc) is 2.91. The molecule has 2 saturated heterocycles. The van der Waals surface area contributed by atoms with E-state index in [1.807, 2.05) is 6.20 Å². The normalized spacial score (nSPS) is 22.5. The molecule has 0 bridgehead atoms. The Labute approximate surface area is 132 Å². The SMILES string of the molecule is CC1(N2CCN(c3cc4[nH]ncc4cc3Br)CC2)COC1. The topological polar surface area (TPSA) is 44.4 Å². The molecule has 0 unspecified atom stereocenters. The molecule has 0 amide bonds.